The van der Waals surface area contributed by atoms with Crippen molar-refractivity contribution in [3.05, 3.63) is 95.9 Å². The Bertz CT molecular complexity index is 1460. The number of hydrogen-bond acceptors (Lipinski definition) is 6. The molecule has 6 nitrogen and oxygen atoms in total. The van der Waals surface area contributed by atoms with Crippen LogP contribution in [0, 0.1) is 5.82 Å². The lowest BCUT2D eigenvalue weighted by molar-refractivity contribution is 0.0984. The molecule has 186 valence electrons. The lowest BCUT2D eigenvalue weighted by Gasteiger charge is -2.19. The molecule has 4 rings (SSSR count). The highest BCUT2D eigenvalue weighted by atomic mass is 32.2. The molecule has 10 heteroatoms. The van der Waals surface area contributed by atoms with Crippen molar-refractivity contribution >= 4 is 44.9 Å². The van der Waals surface area contributed by atoms with E-state index in [2.05, 4.69) is 35.2 Å². The van der Waals surface area contributed by atoms with E-state index in [0.717, 1.165) is 16.2 Å². The Morgan fingerprint density at radius 3 is 2.19 bits per heavy atom. The lowest BCUT2D eigenvalue weighted by atomic mass is 9.87. The fraction of sp³-hybridized carbons (Fsp3) is 0.154. The molecule has 0 radical (unpaired) electrons. The highest BCUT2D eigenvalue weighted by Gasteiger charge is 2.19. The molecule has 0 fully saturated rings. The number of halogens is 1. The molecule has 0 aliphatic heterocycles. The zero-order valence-electron chi connectivity index (χ0n) is 19.8. The van der Waals surface area contributed by atoms with Crippen LogP contribution in [-0.2, 0) is 15.4 Å². The third-order valence-electron chi connectivity index (χ3n) is 5.22. The molecule has 0 saturated carbocycles. The minimum atomic E-state index is -3.87. The molecule has 36 heavy (non-hydrogen) atoms. The van der Waals surface area contributed by atoms with E-state index in [1.54, 1.807) is 24.3 Å². The van der Waals surface area contributed by atoms with Crippen LogP contribution in [0.25, 0.3) is 10.6 Å². The van der Waals surface area contributed by atoms with E-state index in [4.69, 9.17) is 0 Å². The Morgan fingerprint density at radius 1 is 0.944 bits per heavy atom. The Kier molecular flexibility index (Phi) is 7.49. The summed E-state index contributed by atoms with van der Waals surface area (Å²) in [5.74, 6) is -0.670. The third kappa shape index (κ3) is 6.31. The molecule has 2 N–H and O–H groups in total. The van der Waals surface area contributed by atoms with Crippen LogP contribution in [0.3, 0.4) is 0 Å². The Hall–Kier alpha value is -3.21. The second kappa shape index (κ2) is 10.4. The van der Waals surface area contributed by atoms with Gasteiger partial charge in [0.15, 0.2) is 4.21 Å². The molecule has 3 aromatic carbocycles. The number of thiazole rings is 1. The third-order valence-corrected chi connectivity index (χ3v) is 8.91. The van der Waals surface area contributed by atoms with Gasteiger partial charge >= 0.3 is 0 Å². The van der Waals surface area contributed by atoms with Gasteiger partial charge < -0.3 is 0 Å². The quantitative estimate of drug-likeness (QED) is 0.261. The number of benzene rings is 3. The SMILES string of the molecule is CC(C)(C)c1ccc(SNC(=O)c2ccc(NS(=O)(=O)c3cnc(-c4ccc(F)cc4)s3)cc2)cc1. The fourth-order valence-corrected chi connectivity index (χ4v) is 5.99. The highest BCUT2D eigenvalue weighted by molar-refractivity contribution is 7.98. The normalized spacial score (nSPS) is 11.8. The van der Waals surface area contributed by atoms with Crippen molar-refractivity contribution in [1.82, 2.24) is 9.71 Å². The summed E-state index contributed by atoms with van der Waals surface area (Å²) in [6.45, 7) is 6.43. The minimum absolute atomic E-state index is 0.0255. The maximum atomic E-state index is 13.1. The Labute approximate surface area is 218 Å². The predicted octanol–water partition coefficient (Wildman–Crippen LogP) is 6.48. The summed E-state index contributed by atoms with van der Waals surface area (Å²) >= 11 is 2.20. The standard InChI is InChI=1S/C26H24FN3O3S3/c1-26(2,3)19-8-14-22(15-9-19)35-29-24(31)17-6-12-21(13-7-17)30-36(32,33)23-16-28-25(34-23)18-4-10-20(27)11-5-18/h4-16,30H,1-3H3,(H,29,31). The number of sulfonamides is 1. The second-order valence-corrected chi connectivity index (χ2v) is 12.8. The number of carbonyl (C=O) groups excluding carboxylic acids is 1. The first kappa shape index (κ1) is 25.9. The van der Waals surface area contributed by atoms with Gasteiger partial charge in [-0.05, 0) is 83.6 Å². The molecule has 1 aromatic heterocycles. The molecule has 0 aliphatic rings. The van der Waals surface area contributed by atoms with Gasteiger partial charge in [-0.1, -0.05) is 32.9 Å². The van der Waals surface area contributed by atoms with Crippen LogP contribution in [0.15, 0.2) is 88.1 Å². The van der Waals surface area contributed by atoms with Gasteiger partial charge in [-0.25, -0.2) is 17.8 Å². The molecule has 0 unspecified atom stereocenters. The van der Waals surface area contributed by atoms with Gasteiger partial charge in [-0.2, -0.15) is 0 Å². The summed E-state index contributed by atoms with van der Waals surface area (Å²) in [5, 5.41) is 0.466. The number of nitrogens with one attached hydrogen (secondary N) is 2. The van der Waals surface area contributed by atoms with Crippen LogP contribution in [0.4, 0.5) is 10.1 Å². The van der Waals surface area contributed by atoms with Gasteiger partial charge in [0.25, 0.3) is 15.9 Å². The van der Waals surface area contributed by atoms with E-state index >= 15 is 0 Å². The van der Waals surface area contributed by atoms with Gasteiger partial charge in [0.05, 0.1) is 6.20 Å². The van der Waals surface area contributed by atoms with Crippen molar-refractivity contribution in [2.24, 2.45) is 0 Å². The number of anilines is 1. The predicted molar refractivity (Wildman–Crippen MR) is 143 cm³/mol. The van der Waals surface area contributed by atoms with Crippen molar-refractivity contribution in [3.63, 3.8) is 0 Å². The first-order valence-corrected chi connectivity index (χ1v) is 14.1. The van der Waals surface area contributed by atoms with Crippen molar-refractivity contribution in [1.29, 1.82) is 0 Å². The molecular formula is C26H24FN3O3S3. The maximum Gasteiger partial charge on any atom is 0.273 e. The first-order valence-electron chi connectivity index (χ1n) is 10.9. The van der Waals surface area contributed by atoms with E-state index in [-0.39, 0.29) is 21.3 Å². The van der Waals surface area contributed by atoms with Crippen LogP contribution in [0.1, 0.15) is 36.7 Å². The van der Waals surface area contributed by atoms with Crippen LogP contribution < -0.4 is 9.44 Å². The van der Waals surface area contributed by atoms with E-state index in [1.165, 1.54) is 48.0 Å². The summed E-state index contributed by atoms with van der Waals surface area (Å²) in [7, 11) is -3.87. The molecule has 1 amide bonds. The number of nitrogens with zero attached hydrogens (tertiary/aromatic N) is 1. The lowest BCUT2D eigenvalue weighted by Crippen LogP contribution is -2.16. The number of hydrogen-bond donors (Lipinski definition) is 2. The number of rotatable bonds is 7. The molecule has 0 bridgehead atoms. The average Bonchev–Trinajstić information content (AvgIpc) is 3.34. The van der Waals surface area contributed by atoms with Crippen LogP contribution in [0.5, 0.6) is 0 Å². The van der Waals surface area contributed by atoms with Crippen molar-refractivity contribution in [2.45, 2.75) is 35.3 Å². The largest absolute Gasteiger partial charge is 0.292 e. The number of amides is 1. The van der Waals surface area contributed by atoms with Gasteiger partial charge in [-0.15, -0.1) is 11.3 Å². The Balaban J connectivity index is 1.37. The average molecular weight is 542 g/mol. The molecule has 0 aliphatic carbocycles. The van der Waals surface area contributed by atoms with E-state index in [1.807, 2.05) is 24.3 Å². The molecular weight excluding hydrogens is 518 g/mol. The zero-order chi connectivity index (χ0) is 25.9. The van der Waals surface area contributed by atoms with Gasteiger partial charge in [0, 0.05) is 21.7 Å². The van der Waals surface area contributed by atoms with E-state index in [9.17, 15) is 17.6 Å². The summed E-state index contributed by atoms with van der Waals surface area (Å²) in [6.07, 6.45) is 1.26. The maximum absolute atomic E-state index is 13.1. The molecule has 0 saturated heterocycles. The van der Waals surface area contributed by atoms with Crippen LogP contribution >= 0.6 is 23.3 Å². The topological polar surface area (TPSA) is 88.2 Å². The van der Waals surface area contributed by atoms with Gasteiger partial charge in [-0.3, -0.25) is 14.2 Å². The fourth-order valence-electron chi connectivity index (χ4n) is 3.19. The molecule has 1 heterocycles. The van der Waals surface area contributed by atoms with Gasteiger partial charge in [0.1, 0.15) is 10.8 Å². The summed E-state index contributed by atoms with van der Waals surface area (Å²) in [6, 6.07) is 19.8. The molecule has 0 atom stereocenters. The van der Waals surface area contributed by atoms with Crippen LogP contribution in [-0.4, -0.2) is 19.3 Å². The highest BCUT2D eigenvalue weighted by Crippen LogP contribution is 2.29. The van der Waals surface area contributed by atoms with Crippen molar-refractivity contribution in [3.8, 4) is 10.6 Å². The first-order chi connectivity index (χ1) is 17.0. The van der Waals surface area contributed by atoms with E-state index in [0.29, 0.717) is 21.8 Å². The smallest absolute Gasteiger partial charge is 0.273 e. The minimum Gasteiger partial charge on any atom is -0.292 e. The monoisotopic (exact) mass is 541 g/mol. The number of aromatic nitrogens is 1. The zero-order valence-corrected chi connectivity index (χ0v) is 22.2. The number of carbonyl (C=O) groups is 1. The second-order valence-electron chi connectivity index (χ2n) is 8.98. The summed E-state index contributed by atoms with van der Waals surface area (Å²) < 4.78 is 44.0. The van der Waals surface area contributed by atoms with E-state index < -0.39 is 10.0 Å². The van der Waals surface area contributed by atoms with Crippen molar-refractivity contribution in [2.75, 3.05) is 4.72 Å². The summed E-state index contributed by atoms with van der Waals surface area (Å²) in [5.41, 5.74) is 2.60. The Morgan fingerprint density at radius 2 is 1.58 bits per heavy atom. The van der Waals surface area contributed by atoms with Gasteiger partial charge in [0.2, 0.25) is 0 Å². The van der Waals surface area contributed by atoms with Crippen LogP contribution in [0.2, 0.25) is 0 Å². The van der Waals surface area contributed by atoms with Crippen molar-refractivity contribution < 1.29 is 17.6 Å². The molecule has 0 spiro atoms. The summed E-state index contributed by atoms with van der Waals surface area (Å²) in [4.78, 5) is 17.6. The molecule has 4 aromatic rings.